The van der Waals surface area contributed by atoms with Crippen molar-refractivity contribution in [3.63, 3.8) is 0 Å². The Bertz CT molecular complexity index is 340. The molecule has 3 unspecified atom stereocenters. The zero-order valence-electron chi connectivity index (χ0n) is 14.8. The third kappa shape index (κ3) is 5.26. The fraction of sp³-hybridized carbons (Fsp3) is 0.941. The molecule has 21 heavy (non-hydrogen) atoms. The summed E-state index contributed by atoms with van der Waals surface area (Å²) in [6, 6.07) is 0.188. The maximum atomic E-state index is 12.0. The summed E-state index contributed by atoms with van der Waals surface area (Å²) in [5.41, 5.74) is 0.0848. The molecule has 1 aliphatic carbocycles. The van der Waals surface area contributed by atoms with Crippen molar-refractivity contribution in [3.8, 4) is 0 Å². The smallest absolute Gasteiger partial charge is 0.236 e. The van der Waals surface area contributed by atoms with Gasteiger partial charge in [0.25, 0.3) is 0 Å². The Labute approximate surface area is 130 Å². The van der Waals surface area contributed by atoms with Crippen molar-refractivity contribution in [1.29, 1.82) is 0 Å². The van der Waals surface area contributed by atoms with E-state index in [4.69, 9.17) is 4.74 Å². The number of hydrogen-bond donors (Lipinski definition) is 2. The van der Waals surface area contributed by atoms with Crippen molar-refractivity contribution in [3.05, 3.63) is 0 Å². The lowest BCUT2D eigenvalue weighted by Gasteiger charge is -2.52. The fourth-order valence-corrected chi connectivity index (χ4v) is 2.59. The molecule has 0 saturated heterocycles. The van der Waals surface area contributed by atoms with E-state index in [0.29, 0.717) is 24.0 Å². The van der Waals surface area contributed by atoms with Gasteiger partial charge in [0.2, 0.25) is 5.91 Å². The lowest BCUT2D eigenvalue weighted by atomic mass is 9.64. The Hall–Kier alpha value is -0.610. The molecule has 0 heterocycles. The van der Waals surface area contributed by atoms with Crippen LogP contribution in [0, 0.1) is 17.3 Å². The number of rotatable bonds is 8. The second-order valence-electron chi connectivity index (χ2n) is 7.85. The molecule has 0 spiro atoms. The summed E-state index contributed by atoms with van der Waals surface area (Å²) in [6.45, 7) is 16.5. The van der Waals surface area contributed by atoms with Gasteiger partial charge in [0, 0.05) is 24.6 Å². The average molecular weight is 298 g/mol. The maximum Gasteiger partial charge on any atom is 0.236 e. The minimum atomic E-state index is -0.154. The number of amides is 1. The lowest BCUT2D eigenvalue weighted by molar-refractivity contribution is -0.134. The third-order valence-corrected chi connectivity index (χ3v) is 4.34. The summed E-state index contributed by atoms with van der Waals surface area (Å²) in [5, 5.41) is 6.44. The SMILES string of the molecule is CC(C)CNC(=O)C(C)NC1CC(OCC(C)C)C1(C)C. The molecule has 0 radical (unpaired) electrons. The van der Waals surface area contributed by atoms with Crippen LogP contribution in [0.1, 0.15) is 54.9 Å². The van der Waals surface area contributed by atoms with Crippen LogP contribution in [-0.4, -0.2) is 37.2 Å². The van der Waals surface area contributed by atoms with Crippen LogP contribution in [0.15, 0.2) is 0 Å². The highest BCUT2D eigenvalue weighted by Crippen LogP contribution is 2.43. The summed E-state index contributed by atoms with van der Waals surface area (Å²) in [4.78, 5) is 12.0. The highest BCUT2D eigenvalue weighted by molar-refractivity contribution is 5.81. The molecule has 0 aromatic rings. The molecule has 3 atom stereocenters. The Morgan fingerprint density at radius 1 is 1.19 bits per heavy atom. The Morgan fingerprint density at radius 3 is 2.29 bits per heavy atom. The fourth-order valence-electron chi connectivity index (χ4n) is 2.59. The largest absolute Gasteiger partial charge is 0.377 e. The first-order chi connectivity index (χ1) is 9.64. The normalized spacial score (nSPS) is 25.8. The molecule has 0 aromatic carbocycles. The summed E-state index contributed by atoms with van der Waals surface area (Å²) in [5.74, 6) is 1.13. The highest BCUT2D eigenvalue weighted by atomic mass is 16.5. The Morgan fingerprint density at radius 2 is 1.81 bits per heavy atom. The van der Waals surface area contributed by atoms with Crippen molar-refractivity contribution in [2.45, 2.75) is 73.1 Å². The van der Waals surface area contributed by atoms with E-state index in [1.807, 2.05) is 6.92 Å². The topological polar surface area (TPSA) is 50.4 Å². The van der Waals surface area contributed by atoms with Gasteiger partial charge in [-0.15, -0.1) is 0 Å². The van der Waals surface area contributed by atoms with E-state index in [9.17, 15) is 4.79 Å². The van der Waals surface area contributed by atoms with Gasteiger partial charge in [-0.2, -0.15) is 0 Å². The van der Waals surface area contributed by atoms with Gasteiger partial charge in [-0.1, -0.05) is 41.5 Å². The molecular weight excluding hydrogens is 264 g/mol. The van der Waals surface area contributed by atoms with Crippen molar-refractivity contribution >= 4 is 5.91 Å². The monoisotopic (exact) mass is 298 g/mol. The molecule has 2 N–H and O–H groups in total. The first-order valence-electron chi connectivity index (χ1n) is 8.30. The first kappa shape index (κ1) is 18.4. The zero-order chi connectivity index (χ0) is 16.2. The molecule has 4 heteroatoms. The predicted octanol–water partition coefficient (Wildman–Crippen LogP) is 2.58. The van der Waals surface area contributed by atoms with Gasteiger partial charge in [-0.3, -0.25) is 4.79 Å². The van der Waals surface area contributed by atoms with Gasteiger partial charge in [0.1, 0.15) is 0 Å². The maximum absolute atomic E-state index is 12.0. The summed E-state index contributed by atoms with van der Waals surface area (Å²) in [7, 11) is 0. The standard InChI is InChI=1S/C17H34N2O2/c1-11(2)9-18-16(20)13(5)19-14-8-15(17(14,6)7)21-10-12(3)4/h11-15,19H,8-10H2,1-7H3,(H,18,20). The quantitative estimate of drug-likeness (QED) is 0.724. The van der Waals surface area contributed by atoms with E-state index in [2.05, 4.69) is 52.2 Å². The van der Waals surface area contributed by atoms with E-state index in [1.54, 1.807) is 0 Å². The summed E-state index contributed by atoms with van der Waals surface area (Å²) >= 11 is 0. The number of carbonyl (C=O) groups excluding carboxylic acids is 1. The van der Waals surface area contributed by atoms with E-state index in [-0.39, 0.29) is 17.4 Å². The lowest BCUT2D eigenvalue weighted by Crippen LogP contribution is -2.64. The molecule has 1 saturated carbocycles. The van der Waals surface area contributed by atoms with Gasteiger partial charge in [0.15, 0.2) is 0 Å². The molecule has 1 amide bonds. The highest BCUT2D eigenvalue weighted by Gasteiger charge is 2.49. The third-order valence-electron chi connectivity index (χ3n) is 4.34. The first-order valence-corrected chi connectivity index (χ1v) is 8.30. The second-order valence-corrected chi connectivity index (χ2v) is 7.85. The number of hydrogen-bond acceptors (Lipinski definition) is 3. The van der Waals surface area contributed by atoms with Crippen molar-refractivity contribution in [2.24, 2.45) is 17.3 Å². The summed E-state index contributed by atoms with van der Waals surface area (Å²) in [6.07, 6.45) is 1.28. The van der Waals surface area contributed by atoms with Crippen LogP contribution in [-0.2, 0) is 9.53 Å². The molecule has 1 rings (SSSR count). The Balaban J connectivity index is 2.37. The molecule has 1 aliphatic rings. The van der Waals surface area contributed by atoms with E-state index in [0.717, 1.165) is 19.6 Å². The van der Waals surface area contributed by atoms with Crippen molar-refractivity contribution in [2.75, 3.05) is 13.2 Å². The number of ether oxygens (including phenoxy) is 1. The average Bonchev–Trinajstić information content (AvgIpc) is 2.38. The second kappa shape index (κ2) is 7.59. The molecule has 0 bridgehead atoms. The minimum absolute atomic E-state index is 0.0848. The van der Waals surface area contributed by atoms with Crippen LogP contribution < -0.4 is 10.6 Å². The molecule has 0 aliphatic heterocycles. The van der Waals surface area contributed by atoms with Gasteiger partial charge in [0.05, 0.1) is 12.1 Å². The minimum Gasteiger partial charge on any atom is -0.377 e. The number of carbonyl (C=O) groups is 1. The molecule has 0 aromatic heterocycles. The van der Waals surface area contributed by atoms with Crippen LogP contribution in [0.3, 0.4) is 0 Å². The molecular formula is C17H34N2O2. The Kier molecular flexibility index (Phi) is 6.67. The zero-order valence-corrected chi connectivity index (χ0v) is 14.8. The number of nitrogens with one attached hydrogen (secondary N) is 2. The van der Waals surface area contributed by atoms with Gasteiger partial charge < -0.3 is 15.4 Å². The van der Waals surface area contributed by atoms with Crippen LogP contribution in [0.25, 0.3) is 0 Å². The van der Waals surface area contributed by atoms with Crippen molar-refractivity contribution < 1.29 is 9.53 Å². The van der Waals surface area contributed by atoms with E-state index >= 15 is 0 Å². The van der Waals surface area contributed by atoms with Crippen molar-refractivity contribution in [1.82, 2.24) is 10.6 Å². The van der Waals surface area contributed by atoms with Crippen LogP contribution >= 0.6 is 0 Å². The molecule has 124 valence electrons. The van der Waals surface area contributed by atoms with Crippen LogP contribution in [0.5, 0.6) is 0 Å². The van der Waals surface area contributed by atoms with Gasteiger partial charge in [-0.25, -0.2) is 0 Å². The van der Waals surface area contributed by atoms with Crippen LogP contribution in [0.4, 0.5) is 0 Å². The molecule has 4 nitrogen and oxygen atoms in total. The van der Waals surface area contributed by atoms with E-state index in [1.165, 1.54) is 0 Å². The summed E-state index contributed by atoms with van der Waals surface area (Å²) < 4.78 is 5.97. The predicted molar refractivity (Wildman–Crippen MR) is 87.2 cm³/mol. The van der Waals surface area contributed by atoms with E-state index < -0.39 is 0 Å². The van der Waals surface area contributed by atoms with Gasteiger partial charge in [-0.05, 0) is 25.2 Å². The van der Waals surface area contributed by atoms with Gasteiger partial charge >= 0.3 is 0 Å². The van der Waals surface area contributed by atoms with Crippen LogP contribution in [0.2, 0.25) is 0 Å². The molecule has 1 fully saturated rings.